The van der Waals surface area contributed by atoms with Crippen LogP contribution in [0.1, 0.15) is 111 Å². The molecule has 252 valence electrons. The molecule has 0 saturated heterocycles. The molecule has 1 aromatic carbocycles. The van der Waals surface area contributed by atoms with E-state index in [0.717, 1.165) is 0 Å². The zero-order valence-electron chi connectivity index (χ0n) is 28.2. The Morgan fingerprint density at radius 2 is 1.16 bits per heavy atom. The van der Waals surface area contributed by atoms with E-state index >= 15 is 0 Å². The van der Waals surface area contributed by atoms with Gasteiger partial charge in [0.2, 0.25) is 11.8 Å². The molecule has 0 heterocycles. The highest BCUT2D eigenvalue weighted by atomic mass is 16.6. The lowest BCUT2D eigenvalue weighted by atomic mass is 10.1. The van der Waals surface area contributed by atoms with Crippen LogP contribution in [0.3, 0.4) is 0 Å². The molecule has 0 aromatic heterocycles. The lowest BCUT2D eigenvalue weighted by Gasteiger charge is -2.26. The summed E-state index contributed by atoms with van der Waals surface area (Å²) in [4.78, 5) is 76.1. The van der Waals surface area contributed by atoms with E-state index < -0.39 is 65.0 Å². The van der Waals surface area contributed by atoms with Crippen molar-refractivity contribution in [3.8, 4) is 0 Å². The van der Waals surface area contributed by atoms with Gasteiger partial charge < -0.3 is 30.2 Å². The minimum atomic E-state index is -1.33. The van der Waals surface area contributed by atoms with E-state index in [-0.39, 0.29) is 25.2 Å². The fourth-order valence-corrected chi connectivity index (χ4v) is 3.85. The number of ether oxygens (including phenoxy) is 3. The van der Waals surface area contributed by atoms with Crippen LogP contribution in [0.2, 0.25) is 0 Å². The van der Waals surface area contributed by atoms with Crippen molar-refractivity contribution in [2.45, 2.75) is 130 Å². The van der Waals surface area contributed by atoms with Crippen LogP contribution in [-0.2, 0) is 38.2 Å². The smallest absolute Gasteiger partial charge is 0.329 e. The van der Waals surface area contributed by atoms with Gasteiger partial charge in [0.05, 0.1) is 6.42 Å². The summed E-state index contributed by atoms with van der Waals surface area (Å²) in [5.41, 5.74) is -1.94. The maximum atomic E-state index is 13.1. The average Bonchev–Trinajstić information content (AvgIpc) is 2.87. The van der Waals surface area contributed by atoms with Crippen molar-refractivity contribution < 1.29 is 43.0 Å². The van der Waals surface area contributed by atoms with Crippen LogP contribution in [0.25, 0.3) is 0 Å². The molecule has 0 saturated carbocycles. The number of hydrogen-bond donors (Lipinski definition) is 3. The van der Waals surface area contributed by atoms with Gasteiger partial charge in [-0.3, -0.25) is 19.2 Å². The molecule has 0 aliphatic heterocycles. The number of unbranched alkanes of at least 4 members (excludes halogenated alkanes) is 1. The van der Waals surface area contributed by atoms with Crippen LogP contribution < -0.4 is 16.0 Å². The van der Waals surface area contributed by atoms with E-state index in [1.54, 1.807) is 86.6 Å². The van der Waals surface area contributed by atoms with Gasteiger partial charge in [0.25, 0.3) is 5.91 Å². The maximum Gasteiger partial charge on any atom is 0.329 e. The first-order valence-corrected chi connectivity index (χ1v) is 15.2. The van der Waals surface area contributed by atoms with Crippen molar-refractivity contribution >= 4 is 35.6 Å². The van der Waals surface area contributed by atoms with E-state index in [1.165, 1.54) is 0 Å². The lowest BCUT2D eigenvalue weighted by molar-refractivity contribution is -0.160. The Labute approximate surface area is 266 Å². The molecule has 0 spiro atoms. The van der Waals surface area contributed by atoms with Gasteiger partial charge in [-0.2, -0.15) is 0 Å². The second kappa shape index (κ2) is 17.5. The first-order valence-electron chi connectivity index (χ1n) is 15.2. The van der Waals surface area contributed by atoms with Crippen molar-refractivity contribution in [1.82, 2.24) is 16.0 Å². The molecule has 2 unspecified atom stereocenters. The topological polar surface area (TPSA) is 166 Å². The van der Waals surface area contributed by atoms with Gasteiger partial charge in [-0.15, -0.1) is 0 Å². The molecule has 0 fully saturated rings. The molecule has 1 rings (SSSR count). The minimum absolute atomic E-state index is 0.0402. The number of amides is 3. The zero-order chi connectivity index (χ0) is 34.4. The highest BCUT2D eigenvalue weighted by Crippen LogP contribution is 2.15. The van der Waals surface area contributed by atoms with E-state index in [4.69, 9.17) is 14.2 Å². The Bertz CT molecular complexity index is 1160. The van der Waals surface area contributed by atoms with Gasteiger partial charge in [0.15, 0.2) is 0 Å². The van der Waals surface area contributed by atoms with Gasteiger partial charge >= 0.3 is 17.9 Å². The van der Waals surface area contributed by atoms with Gasteiger partial charge in [-0.25, -0.2) is 9.59 Å². The van der Waals surface area contributed by atoms with E-state index in [9.17, 15) is 28.8 Å². The van der Waals surface area contributed by atoms with Crippen LogP contribution >= 0.6 is 0 Å². The normalized spacial score (nSPS) is 13.1. The molecular formula is C33H51N3O9. The number of esters is 3. The molecule has 12 heteroatoms. The number of carbonyl (C=O) groups excluding carboxylic acids is 6. The van der Waals surface area contributed by atoms with Crippen LogP contribution in [0.15, 0.2) is 30.3 Å². The van der Waals surface area contributed by atoms with Crippen LogP contribution in [0.4, 0.5) is 0 Å². The zero-order valence-corrected chi connectivity index (χ0v) is 28.2. The molecule has 0 bridgehead atoms. The summed E-state index contributed by atoms with van der Waals surface area (Å²) in [6, 6.07) is 6.21. The third kappa shape index (κ3) is 18.4. The van der Waals surface area contributed by atoms with Crippen LogP contribution in [0.5, 0.6) is 0 Å². The van der Waals surface area contributed by atoms with Crippen LogP contribution in [-0.4, -0.2) is 71.1 Å². The molecule has 3 amide bonds. The fourth-order valence-electron chi connectivity index (χ4n) is 3.85. The van der Waals surface area contributed by atoms with E-state index in [1.807, 2.05) is 6.07 Å². The summed E-state index contributed by atoms with van der Waals surface area (Å²) in [5.74, 6) is -3.55. The Balaban J connectivity index is 2.84. The highest BCUT2D eigenvalue weighted by molar-refractivity contribution is 5.94. The SMILES string of the molecule is CC(C)(C)OC(=O)CCC(NC(=O)CC(NC(=O)CCCCNC(=O)c1ccccc1)C(=O)OC(C)(C)C)C(=O)OC(C)(C)C. The summed E-state index contributed by atoms with van der Waals surface area (Å²) in [6.45, 7) is 15.5. The molecule has 45 heavy (non-hydrogen) atoms. The Morgan fingerprint density at radius 3 is 1.69 bits per heavy atom. The lowest BCUT2D eigenvalue weighted by Crippen LogP contribution is -2.50. The minimum Gasteiger partial charge on any atom is -0.460 e. The van der Waals surface area contributed by atoms with Crippen molar-refractivity contribution in [3.05, 3.63) is 35.9 Å². The monoisotopic (exact) mass is 633 g/mol. The van der Waals surface area contributed by atoms with E-state index in [2.05, 4.69) is 16.0 Å². The molecule has 2 atom stereocenters. The fraction of sp³-hybridized carbons (Fsp3) is 0.636. The predicted octanol–water partition coefficient (Wildman–Crippen LogP) is 3.75. The number of hydrogen-bond acceptors (Lipinski definition) is 9. The van der Waals surface area contributed by atoms with Crippen molar-refractivity contribution in [1.29, 1.82) is 0 Å². The average molecular weight is 634 g/mol. The highest BCUT2D eigenvalue weighted by Gasteiger charge is 2.32. The van der Waals surface area contributed by atoms with Gasteiger partial charge in [0, 0.05) is 24.9 Å². The van der Waals surface area contributed by atoms with Gasteiger partial charge in [-0.1, -0.05) is 18.2 Å². The molecule has 0 aliphatic rings. The summed E-state index contributed by atoms with van der Waals surface area (Å²) in [7, 11) is 0. The molecular weight excluding hydrogens is 582 g/mol. The number of nitrogens with one attached hydrogen (secondary N) is 3. The molecule has 1 aromatic rings. The Kier molecular flexibility index (Phi) is 15.2. The number of benzene rings is 1. The van der Waals surface area contributed by atoms with Crippen molar-refractivity contribution in [2.24, 2.45) is 0 Å². The first-order chi connectivity index (χ1) is 20.6. The number of carbonyl (C=O) groups is 6. The standard InChI is InChI=1S/C33H51N3O9/c1-31(2,3)43-27(39)19-18-23(29(41)44-32(4,5)6)35-26(38)21-24(30(42)45-33(7,8)9)36-25(37)17-13-14-20-34-28(40)22-15-11-10-12-16-22/h10-12,15-16,23-24H,13-14,17-21H2,1-9H3,(H,34,40)(H,35,38)(H,36,37). The predicted molar refractivity (Wildman–Crippen MR) is 168 cm³/mol. The number of rotatable bonds is 15. The second-order valence-corrected chi connectivity index (χ2v) is 13.7. The molecule has 3 N–H and O–H groups in total. The maximum absolute atomic E-state index is 13.1. The summed E-state index contributed by atoms with van der Waals surface area (Å²) in [5, 5.41) is 7.89. The second-order valence-electron chi connectivity index (χ2n) is 13.7. The van der Waals surface area contributed by atoms with Crippen molar-refractivity contribution in [3.63, 3.8) is 0 Å². The summed E-state index contributed by atoms with van der Waals surface area (Å²) >= 11 is 0. The third-order valence-electron chi connectivity index (χ3n) is 5.65. The quantitative estimate of drug-likeness (QED) is 0.148. The first kappa shape index (κ1) is 39.1. The largest absolute Gasteiger partial charge is 0.460 e. The molecule has 12 nitrogen and oxygen atoms in total. The molecule has 0 aliphatic carbocycles. The van der Waals surface area contributed by atoms with Crippen LogP contribution in [0, 0.1) is 0 Å². The summed E-state index contributed by atoms with van der Waals surface area (Å²) < 4.78 is 16.2. The van der Waals surface area contributed by atoms with Crippen molar-refractivity contribution in [2.75, 3.05) is 6.54 Å². The Hall–Kier alpha value is -3.96. The third-order valence-corrected chi connectivity index (χ3v) is 5.65. The molecule has 0 radical (unpaired) electrons. The van der Waals surface area contributed by atoms with E-state index in [0.29, 0.717) is 24.9 Å². The summed E-state index contributed by atoms with van der Waals surface area (Å²) in [6.07, 6.45) is 0.190. The Morgan fingerprint density at radius 1 is 0.644 bits per heavy atom. The van der Waals surface area contributed by atoms with Gasteiger partial charge in [0.1, 0.15) is 28.9 Å². The van der Waals surface area contributed by atoms with Gasteiger partial charge in [-0.05, 0) is 93.7 Å².